The predicted molar refractivity (Wildman–Crippen MR) is 137 cm³/mol. The van der Waals surface area contributed by atoms with Gasteiger partial charge in [-0.3, -0.25) is 9.59 Å². The Bertz CT molecular complexity index is 1070. The molecule has 188 valence electrons. The zero-order valence-electron chi connectivity index (χ0n) is 21.3. The van der Waals surface area contributed by atoms with E-state index in [0.717, 1.165) is 18.7 Å². The molecule has 1 N–H and O–H groups in total. The number of ether oxygens (including phenoxy) is 2. The van der Waals surface area contributed by atoms with Gasteiger partial charge in [0.25, 0.3) is 11.7 Å². The van der Waals surface area contributed by atoms with Gasteiger partial charge < -0.3 is 24.4 Å². The summed E-state index contributed by atoms with van der Waals surface area (Å²) >= 11 is 0. The van der Waals surface area contributed by atoms with Crippen molar-refractivity contribution in [3.63, 3.8) is 0 Å². The zero-order chi connectivity index (χ0) is 25.5. The van der Waals surface area contributed by atoms with Crippen LogP contribution in [0.2, 0.25) is 0 Å². The molecule has 0 bridgehead atoms. The minimum Gasteiger partial charge on any atom is -0.507 e. The summed E-state index contributed by atoms with van der Waals surface area (Å²) in [6.07, 6.45) is 0. The maximum Gasteiger partial charge on any atom is 0.295 e. The molecule has 3 rings (SSSR count). The lowest BCUT2D eigenvalue weighted by Gasteiger charge is -2.28. The number of hydrogen-bond acceptors (Lipinski definition) is 6. The average Bonchev–Trinajstić information content (AvgIpc) is 3.11. The monoisotopic (exact) mass is 480 g/mol. The topological polar surface area (TPSA) is 79.3 Å². The summed E-state index contributed by atoms with van der Waals surface area (Å²) < 4.78 is 11.5. The minimum absolute atomic E-state index is 0.0880. The molecule has 0 aromatic heterocycles. The van der Waals surface area contributed by atoms with Crippen LogP contribution < -0.4 is 9.47 Å². The smallest absolute Gasteiger partial charge is 0.295 e. The van der Waals surface area contributed by atoms with Crippen molar-refractivity contribution in [3.8, 4) is 11.5 Å². The van der Waals surface area contributed by atoms with Crippen molar-refractivity contribution in [2.75, 3.05) is 39.4 Å². The van der Waals surface area contributed by atoms with Crippen LogP contribution in [0.3, 0.4) is 0 Å². The average molecular weight is 481 g/mol. The molecule has 0 spiro atoms. The zero-order valence-corrected chi connectivity index (χ0v) is 21.3. The lowest BCUT2D eigenvalue weighted by Crippen LogP contribution is -2.38. The Balaban J connectivity index is 2.14. The van der Waals surface area contributed by atoms with E-state index in [1.54, 1.807) is 29.2 Å². The van der Waals surface area contributed by atoms with Crippen LogP contribution in [0.25, 0.3) is 5.76 Å². The lowest BCUT2D eigenvalue weighted by molar-refractivity contribution is -0.140. The molecule has 1 fully saturated rings. The van der Waals surface area contributed by atoms with Gasteiger partial charge in [0.05, 0.1) is 24.8 Å². The number of amides is 1. The van der Waals surface area contributed by atoms with Gasteiger partial charge in [-0.05, 0) is 51.6 Å². The highest BCUT2D eigenvalue weighted by molar-refractivity contribution is 6.46. The number of likely N-dealkylation sites (N-methyl/N-ethyl adjacent to an activating group) is 1. The number of nitrogens with zero attached hydrogens (tertiary/aromatic N) is 2. The summed E-state index contributed by atoms with van der Waals surface area (Å²) in [5.41, 5.74) is 2.30. The molecule has 7 heteroatoms. The Hall–Kier alpha value is -3.32. The fourth-order valence-electron chi connectivity index (χ4n) is 4.35. The number of likely N-dealkylation sites (tertiary alicyclic amines) is 1. The minimum atomic E-state index is -0.734. The van der Waals surface area contributed by atoms with Gasteiger partial charge in [-0.15, -0.1) is 0 Å². The normalized spacial score (nSPS) is 17.3. The summed E-state index contributed by atoms with van der Waals surface area (Å²) in [6.45, 7) is 13.4. The van der Waals surface area contributed by atoms with Gasteiger partial charge in [0.2, 0.25) is 0 Å². The number of aliphatic hydroxyl groups is 1. The largest absolute Gasteiger partial charge is 0.507 e. The first kappa shape index (κ1) is 26.3. The molecule has 2 aromatic carbocycles. The fraction of sp³-hybridized carbons (Fsp3) is 0.429. The van der Waals surface area contributed by atoms with Gasteiger partial charge >= 0.3 is 0 Å². The van der Waals surface area contributed by atoms with Crippen LogP contribution in [0.4, 0.5) is 0 Å². The van der Waals surface area contributed by atoms with Crippen LogP contribution in [-0.2, 0) is 9.59 Å². The van der Waals surface area contributed by atoms with Crippen molar-refractivity contribution in [2.24, 2.45) is 0 Å². The van der Waals surface area contributed by atoms with Gasteiger partial charge in [-0.25, -0.2) is 0 Å². The Morgan fingerprint density at radius 1 is 0.943 bits per heavy atom. The highest BCUT2D eigenvalue weighted by Crippen LogP contribution is 2.42. The van der Waals surface area contributed by atoms with Crippen LogP contribution in [-0.4, -0.2) is 66.0 Å². The van der Waals surface area contributed by atoms with Crippen LogP contribution >= 0.6 is 0 Å². The first-order chi connectivity index (χ1) is 16.9. The number of carbonyl (C=O) groups excluding carboxylic acids is 2. The first-order valence-corrected chi connectivity index (χ1v) is 12.3. The van der Waals surface area contributed by atoms with E-state index >= 15 is 0 Å². The lowest BCUT2D eigenvalue weighted by atomic mass is 9.94. The van der Waals surface area contributed by atoms with E-state index in [-0.39, 0.29) is 11.3 Å². The molecule has 1 aliphatic rings. The molecule has 7 nitrogen and oxygen atoms in total. The van der Waals surface area contributed by atoms with Gasteiger partial charge in [0.15, 0.2) is 11.5 Å². The van der Waals surface area contributed by atoms with E-state index in [1.165, 1.54) is 0 Å². The second kappa shape index (κ2) is 11.9. The van der Waals surface area contributed by atoms with E-state index < -0.39 is 17.7 Å². The molecule has 0 radical (unpaired) electrons. The second-order valence-electron chi connectivity index (χ2n) is 8.46. The summed E-state index contributed by atoms with van der Waals surface area (Å²) in [5, 5.41) is 11.2. The number of rotatable bonds is 11. The summed E-state index contributed by atoms with van der Waals surface area (Å²) in [6, 6.07) is 11.9. The second-order valence-corrected chi connectivity index (χ2v) is 8.46. The summed E-state index contributed by atoms with van der Waals surface area (Å²) in [5.74, 6) is -0.332. The van der Waals surface area contributed by atoms with Crippen molar-refractivity contribution in [3.05, 3.63) is 64.7 Å². The standard InChI is InChI=1S/C28H36N2O5/c1-6-29(7-2)16-17-30-25(21-14-15-22(34-8-3)23(18-21)35-9-4)24(27(32)28(30)33)26(31)20-12-10-19(5)11-13-20/h10-15,18,25,31H,6-9,16-17H2,1-5H3/b26-24+/t25-/m1/s1. The first-order valence-electron chi connectivity index (χ1n) is 12.3. The van der Waals surface area contributed by atoms with Gasteiger partial charge in [-0.1, -0.05) is 49.7 Å². The van der Waals surface area contributed by atoms with Crippen molar-refractivity contribution in [2.45, 2.75) is 40.7 Å². The number of benzene rings is 2. The maximum absolute atomic E-state index is 13.3. The molecular formula is C28H36N2O5. The summed E-state index contributed by atoms with van der Waals surface area (Å²) in [7, 11) is 0. The van der Waals surface area contributed by atoms with Gasteiger partial charge in [0, 0.05) is 18.7 Å². The number of hydrogen-bond donors (Lipinski definition) is 1. The molecule has 0 aliphatic carbocycles. The number of aryl methyl sites for hydroxylation is 1. The number of ketones is 1. The van der Waals surface area contributed by atoms with Gasteiger partial charge in [0.1, 0.15) is 5.76 Å². The Labute approximate surface area is 207 Å². The number of carbonyl (C=O) groups is 2. The van der Waals surface area contributed by atoms with Crippen molar-refractivity contribution < 1.29 is 24.2 Å². The number of Topliss-reactive ketones (excluding diaryl/α,β-unsaturated/α-hetero) is 1. The molecule has 1 aliphatic heterocycles. The third-order valence-corrected chi connectivity index (χ3v) is 6.30. The molecule has 0 saturated carbocycles. The SMILES string of the molecule is CCOc1ccc([C@@H]2/C(=C(\O)c3ccc(C)cc3)C(=O)C(=O)N2CCN(CC)CC)cc1OCC. The van der Waals surface area contributed by atoms with Crippen LogP contribution in [0.1, 0.15) is 50.4 Å². The van der Waals surface area contributed by atoms with E-state index in [9.17, 15) is 14.7 Å². The third-order valence-electron chi connectivity index (χ3n) is 6.30. The molecule has 1 atom stereocenters. The predicted octanol–water partition coefficient (Wildman–Crippen LogP) is 4.56. The third kappa shape index (κ3) is 5.68. The molecule has 1 amide bonds. The van der Waals surface area contributed by atoms with E-state index in [0.29, 0.717) is 48.9 Å². The quantitative estimate of drug-likeness (QED) is 0.289. The molecule has 2 aromatic rings. The maximum atomic E-state index is 13.3. The Kier molecular flexibility index (Phi) is 8.93. The highest BCUT2D eigenvalue weighted by Gasteiger charge is 2.46. The van der Waals surface area contributed by atoms with E-state index in [2.05, 4.69) is 18.7 Å². The Morgan fingerprint density at radius 3 is 2.17 bits per heavy atom. The number of aliphatic hydroxyl groups excluding tert-OH is 1. The van der Waals surface area contributed by atoms with Crippen molar-refractivity contribution >= 4 is 17.4 Å². The van der Waals surface area contributed by atoms with Crippen LogP contribution in [0, 0.1) is 6.92 Å². The molecule has 35 heavy (non-hydrogen) atoms. The molecule has 1 saturated heterocycles. The molecular weight excluding hydrogens is 444 g/mol. The Morgan fingerprint density at radius 2 is 1.57 bits per heavy atom. The van der Waals surface area contributed by atoms with Gasteiger partial charge in [-0.2, -0.15) is 0 Å². The van der Waals surface area contributed by atoms with E-state index in [1.807, 2.05) is 39.0 Å². The van der Waals surface area contributed by atoms with Crippen molar-refractivity contribution in [1.82, 2.24) is 9.80 Å². The fourth-order valence-corrected chi connectivity index (χ4v) is 4.35. The molecule has 0 unspecified atom stereocenters. The van der Waals surface area contributed by atoms with Crippen LogP contribution in [0.5, 0.6) is 11.5 Å². The summed E-state index contributed by atoms with van der Waals surface area (Å²) in [4.78, 5) is 30.2. The van der Waals surface area contributed by atoms with E-state index in [4.69, 9.17) is 9.47 Å². The van der Waals surface area contributed by atoms with Crippen molar-refractivity contribution in [1.29, 1.82) is 0 Å². The highest BCUT2D eigenvalue weighted by atomic mass is 16.5. The van der Waals surface area contributed by atoms with Crippen LogP contribution in [0.15, 0.2) is 48.0 Å². The molecule has 1 heterocycles.